The molecule has 1 aromatic rings. The van der Waals surface area contributed by atoms with Gasteiger partial charge in [-0.3, -0.25) is 15.1 Å². The van der Waals surface area contributed by atoms with E-state index in [0.717, 1.165) is 26.2 Å². The maximum absolute atomic E-state index is 11.3. The smallest absolute Gasteiger partial charge is 0.265 e. The zero-order valence-corrected chi connectivity index (χ0v) is 11.0. The number of benzene rings is 1. The van der Waals surface area contributed by atoms with Crippen molar-refractivity contribution in [2.45, 2.75) is 13.5 Å². The van der Waals surface area contributed by atoms with Crippen LogP contribution < -0.4 is 11.3 Å². The van der Waals surface area contributed by atoms with Crippen LogP contribution in [0.15, 0.2) is 24.3 Å². The maximum atomic E-state index is 11.3. The Morgan fingerprint density at radius 1 is 1.39 bits per heavy atom. The fourth-order valence-corrected chi connectivity index (χ4v) is 1.67. The van der Waals surface area contributed by atoms with Crippen LogP contribution in [0.3, 0.4) is 0 Å². The molecule has 0 fully saturated rings. The van der Waals surface area contributed by atoms with E-state index >= 15 is 0 Å². The summed E-state index contributed by atoms with van der Waals surface area (Å²) in [7, 11) is 1.70. The Hall–Kier alpha value is -1.43. The van der Waals surface area contributed by atoms with Gasteiger partial charge in [0.15, 0.2) is 0 Å². The molecule has 1 rings (SSSR count). The van der Waals surface area contributed by atoms with Crippen molar-refractivity contribution in [3.05, 3.63) is 35.4 Å². The first-order chi connectivity index (χ1) is 8.71. The molecule has 1 amide bonds. The molecule has 0 atom stereocenters. The molecular formula is C13H21N3O2. The molecule has 0 aliphatic rings. The topological polar surface area (TPSA) is 67.6 Å². The Morgan fingerprint density at radius 2 is 2.06 bits per heavy atom. The highest BCUT2D eigenvalue weighted by Gasteiger charge is 2.05. The molecule has 5 nitrogen and oxygen atoms in total. The van der Waals surface area contributed by atoms with Crippen molar-refractivity contribution >= 4 is 5.91 Å². The molecule has 0 unspecified atom stereocenters. The average Bonchev–Trinajstić information content (AvgIpc) is 2.43. The number of rotatable bonds is 7. The number of hydrogen-bond acceptors (Lipinski definition) is 4. The van der Waals surface area contributed by atoms with Crippen molar-refractivity contribution in [2.75, 3.05) is 26.8 Å². The summed E-state index contributed by atoms with van der Waals surface area (Å²) < 4.78 is 5.07. The summed E-state index contributed by atoms with van der Waals surface area (Å²) in [5.74, 6) is 4.81. The lowest BCUT2D eigenvalue weighted by atomic mass is 10.1. The van der Waals surface area contributed by atoms with Crippen LogP contribution in [0.1, 0.15) is 22.8 Å². The number of nitrogens with one attached hydrogen (secondary N) is 1. The number of hydrazine groups is 1. The summed E-state index contributed by atoms with van der Waals surface area (Å²) in [6, 6.07) is 7.45. The van der Waals surface area contributed by atoms with E-state index in [9.17, 15) is 4.79 Å². The number of nitrogens with two attached hydrogens (primary N) is 1. The van der Waals surface area contributed by atoms with Crippen LogP contribution in [0.2, 0.25) is 0 Å². The lowest BCUT2D eigenvalue weighted by Gasteiger charge is -2.19. The number of methoxy groups -OCH3 is 1. The largest absolute Gasteiger partial charge is 0.383 e. The predicted octanol–water partition coefficient (Wildman–Crippen LogP) is 0.758. The van der Waals surface area contributed by atoms with Gasteiger partial charge in [-0.25, -0.2) is 5.84 Å². The molecule has 100 valence electrons. The van der Waals surface area contributed by atoms with Gasteiger partial charge in [0, 0.05) is 25.8 Å². The number of ether oxygens (including phenoxy) is 1. The molecule has 18 heavy (non-hydrogen) atoms. The number of carbonyl (C=O) groups excluding carboxylic acids is 1. The molecule has 0 heterocycles. The molecule has 0 aliphatic carbocycles. The quantitative estimate of drug-likeness (QED) is 0.426. The van der Waals surface area contributed by atoms with E-state index in [-0.39, 0.29) is 5.91 Å². The second-order valence-electron chi connectivity index (χ2n) is 4.03. The molecule has 0 spiro atoms. The highest BCUT2D eigenvalue weighted by Crippen LogP contribution is 2.07. The first kappa shape index (κ1) is 14.6. The predicted molar refractivity (Wildman–Crippen MR) is 70.9 cm³/mol. The van der Waals surface area contributed by atoms with Gasteiger partial charge in [0.1, 0.15) is 0 Å². The van der Waals surface area contributed by atoms with Gasteiger partial charge in [-0.1, -0.05) is 19.1 Å². The van der Waals surface area contributed by atoms with Crippen LogP contribution >= 0.6 is 0 Å². The monoisotopic (exact) mass is 251 g/mol. The SMILES string of the molecule is CCN(CCOC)Cc1ccc(C(=O)NN)cc1. The minimum absolute atomic E-state index is 0.270. The zero-order valence-electron chi connectivity index (χ0n) is 11.0. The van der Waals surface area contributed by atoms with Crippen molar-refractivity contribution in [1.29, 1.82) is 0 Å². The van der Waals surface area contributed by atoms with E-state index in [4.69, 9.17) is 10.6 Å². The number of hydrogen-bond donors (Lipinski definition) is 2. The van der Waals surface area contributed by atoms with Crippen LogP contribution in [0, 0.1) is 0 Å². The number of likely N-dealkylation sites (N-methyl/N-ethyl adjacent to an activating group) is 1. The molecule has 5 heteroatoms. The van der Waals surface area contributed by atoms with E-state index in [2.05, 4.69) is 17.2 Å². The molecule has 0 aromatic heterocycles. The van der Waals surface area contributed by atoms with Gasteiger partial charge in [0.2, 0.25) is 0 Å². The van der Waals surface area contributed by atoms with Gasteiger partial charge in [-0.05, 0) is 24.2 Å². The lowest BCUT2D eigenvalue weighted by Crippen LogP contribution is -2.30. The normalized spacial score (nSPS) is 10.7. The van der Waals surface area contributed by atoms with Crippen molar-refractivity contribution in [3.8, 4) is 0 Å². The van der Waals surface area contributed by atoms with Crippen molar-refractivity contribution < 1.29 is 9.53 Å². The molecule has 0 aliphatic heterocycles. The van der Waals surface area contributed by atoms with Crippen LogP contribution in [-0.2, 0) is 11.3 Å². The van der Waals surface area contributed by atoms with Crippen LogP contribution in [0.5, 0.6) is 0 Å². The summed E-state index contributed by atoms with van der Waals surface area (Å²) in [4.78, 5) is 13.6. The van der Waals surface area contributed by atoms with Gasteiger partial charge < -0.3 is 4.74 Å². The first-order valence-corrected chi connectivity index (χ1v) is 6.02. The third-order valence-electron chi connectivity index (χ3n) is 2.81. The standard InChI is InChI=1S/C13H21N3O2/c1-3-16(8-9-18-2)10-11-4-6-12(7-5-11)13(17)15-14/h4-7H,3,8-10,14H2,1-2H3,(H,15,17). The number of carbonyl (C=O) groups is 1. The van der Waals surface area contributed by atoms with E-state index in [1.54, 1.807) is 19.2 Å². The Morgan fingerprint density at radius 3 is 2.56 bits per heavy atom. The fraction of sp³-hybridized carbons (Fsp3) is 0.462. The van der Waals surface area contributed by atoms with Crippen LogP contribution in [0.4, 0.5) is 0 Å². The summed E-state index contributed by atoms with van der Waals surface area (Å²) in [5.41, 5.74) is 3.85. The van der Waals surface area contributed by atoms with E-state index in [0.29, 0.717) is 5.56 Å². The van der Waals surface area contributed by atoms with Gasteiger partial charge in [0.05, 0.1) is 6.61 Å². The molecule has 3 N–H and O–H groups in total. The minimum Gasteiger partial charge on any atom is -0.383 e. The number of amides is 1. The summed E-state index contributed by atoms with van der Waals surface area (Å²) in [5, 5.41) is 0. The summed E-state index contributed by atoms with van der Waals surface area (Å²) >= 11 is 0. The second-order valence-corrected chi connectivity index (χ2v) is 4.03. The van der Waals surface area contributed by atoms with E-state index in [1.165, 1.54) is 5.56 Å². The molecular weight excluding hydrogens is 230 g/mol. The molecule has 1 aromatic carbocycles. The van der Waals surface area contributed by atoms with Gasteiger partial charge in [-0.2, -0.15) is 0 Å². The van der Waals surface area contributed by atoms with Gasteiger partial charge in [-0.15, -0.1) is 0 Å². The number of nitrogen functional groups attached to an aromatic ring is 1. The Bertz CT molecular complexity index is 365. The average molecular weight is 251 g/mol. The number of nitrogens with zero attached hydrogens (tertiary/aromatic N) is 1. The molecule has 0 saturated carbocycles. The van der Waals surface area contributed by atoms with Crippen molar-refractivity contribution in [1.82, 2.24) is 10.3 Å². The maximum Gasteiger partial charge on any atom is 0.265 e. The zero-order chi connectivity index (χ0) is 13.4. The van der Waals surface area contributed by atoms with Crippen LogP contribution in [-0.4, -0.2) is 37.6 Å². The second kappa shape index (κ2) is 7.81. The minimum atomic E-state index is -0.270. The molecule has 0 saturated heterocycles. The Balaban J connectivity index is 2.59. The van der Waals surface area contributed by atoms with E-state index < -0.39 is 0 Å². The Labute approximate surface area is 108 Å². The summed E-state index contributed by atoms with van der Waals surface area (Å²) in [6.45, 7) is 5.56. The van der Waals surface area contributed by atoms with Crippen LogP contribution in [0.25, 0.3) is 0 Å². The molecule has 0 bridgehead atoms. The molecule has 0 radical (unpaired) electrons. The first-order valence-electron chi connectivity index (χ1n) is 6.02. The third-order valence-corrected chi connectivity index (χ3v) is 2.81. The fourth-order valence-electron chi connectivity index (χ4n) is 1.67. The van der Waals surface area contributed by atoms with Gasteiger partial charge >= 0.3 is 0 Å². The van der Waals surface area contributed by atoms with Crippen molar-refractivity contribution in [3.63, 3.8) is 0 Å². The highest BCUT2D eigenvalue weighted by molar-refractivity contribution is 5.93. The third kappa shape index (κ3) is 4.44. The highest BCUT2D eigenvalue weighted by atomic mass is 16.5. The van der Waals surface area contributed by atoms with Gasteiger partial charge in [0.25, 0.3) is 5.91 Å². The lowest BCUT2D eigenvalue weighted by molar-refractivity contribution is 0.0953. The Kier molecular flexibility index (Phi) is 6.35. The van der Waals surface area contributed by atoms with Crippen molar-refractivity contribution in [2.24, 2.45) is 5.84 Å². The summed E-state index contributed by atoms with van der Waals surface area (Å²) in [6.07, 6.45) is 0. The van der Waals surface area contributed by atoms with E-state index in [1.807, 2.05) is 12.1 Å².